The number of carbonyl (C=O) groups excluding carboxylic acids is 1. The second kappa shape index (κ2) is 5.83. The van der Waals surface area contributed by atoms with Gasteiger partial charge in [-0.2, -0.15) is 5.26 Å². The van der Waals surface area contributed by atoms with Gasteiger partial charge < -0.3 is 5.32 Å². The van der Waals surface area contributed by atoms with Crippen molar-refractivity contribution in [3.05, 3.63) is 65.2 Å². The Kier molecular flexibility index (Phi) is 3.94. The zero-order chi connectivity index (χ0) is 13.7. The van der Waals surface area contributed by atoms with E-state index in [4.69, 9.17) is 5.26 Å². The summed E-state index contributed by atoms with van der Waals surface area (Å²) in [5.41, 5.74) is 3.24. The molecule has 0 heterocycles. The third-order valence-corrected chi connectivity index (χ3v) is 2.87. The number of para-hydroxylation sites is 1. The molecule has 0 aliphatic carbocycles. The fraction of sp³-hybridized carbons (Fsp3) is 0.125. The third-order valence-electron chi connectivity index (χ3n) is 2.87. The van der Waals surface area contributed by atoms with Gasteiger partial charge in [-0.25, -0.2) is 0 Å². The molecule has 94 valence electrons. The lowest BCUT2D eigenvalue weighted by Gasteiger charge is -2.10. The van der Waals surface area contributed by atoms with Crippen LogP contribution in [0.4, 0.5) is 5.69 Å². The van der Waals surface area contributed by atoms with Crippen LogP contribution in [0.1, 0.15) is 28.4 Å². The Labute approximate surface area is 112 Å². The number of nitrogens with zero attached hydrogens (tertiary/aromatic N) is 1. The van der Waals surface area contributed by atoms with Crippen LogP contribution in [-0.4, -0.2) is 5.78 Å². The Balaban J connectivity index is 2.10. The summed E-state index contributed by atoms with van der Waals surface area (Å²) >= 11 is 0. The van der Waals surface area contributed by atoms with Gasteiger partial charge in [-0.05, 0) is 36.8 Å². The fourth-order valence-corrected chi connectivity index (χ4v) is 1.84. The predicted molar refractivity (Wildman–Crippen MR) is 74.9 cm³/mol. The fourth-order valence-electron chi connectivity index (χ4n) is 1.84. The van der Waals surface area contributed by atoms with E-state index >= 15 is 0 Å². The molecule has 3 nitrogen and oxygen atoms in total. The zero-order valence-electron chi connectivity index (χ0n) is 10.7. The Hall–Kier alpha value is -2.60. The number of carbonyl (C=O) groups is 1. The molecule has 0 unspecified atom stereocenters. The standard InChI is InChI=1S/C16H14N2O/c1-12(19)15-4-2-3-5-16(15)18-11-14-8-6-13(10-17)7-9-14/h2-9,18H,11H2,1H3. The van der Waals surface area contributed by atoms with E-state index in [0.29, 0.717) is 17.7 Å². The summed E-state index contributed by atoms with van der Waals surface area (Å²) in [4.78, 5) is 11.5. The van der Waals surface area contributed by atoms with Gasteiger partial charge in [0.05, 0.1) is 11.6 Å². The SMILES string of the molecule is CC(=O)c1ccccc1NCc1ccc(C#N)cc1. The highest BCUT2D eigenvalue weighted by molar-refractivity contribution is 5.99. The molecular formula is C16H14N2O. The Morgan fingerprint density at radius 3 is 2.47 bits per heavy atom. The van der Waals surface area contributed by atoms with Crippen LogP contribution in [0.2, 0.25) is 0 Å². The normalized spacial score (nSPS) is 9.68. The highest BCUT2D eigenvalue weighted by Crippen LogP contribution is 2.16. The maximum absolute atomic E-state index is 11.5. The van der Waals surface area contributed by atoms with Crippen molar-refractivity contribution in [3.8, 4) is 6.07 Å². The number of benzene rings is 2. The van der Waals surface area contributed by atoms with Gasteiger partial charge in [0.1, 0.15) is 0 Å². The average molecular weight is 250 g/mol. The van der Waals surface area contributed by atoms with Gasteiger partial charge in [0.15, 0.2) is 5.78 Å². The molecule has 0 aromatic heterocycles. The number of nitriles is 1. The highest BCUT2D eigenvalue weighted by Gasteiger charge is 2.05. The summed E-state index contributed by atoms with van der Waals surface area (Å²) in [6, 6.07) is 16.9. The van der Waals surface area contributed by atoms with Crippen LogP contribution in [-0.2, 0) is 6.54 Å². The van der Waals surface area contributed by atoms with Gasteiger partial charge in [0.2, 0.25) is 0 Å². The van der Waals surface area contributed by atoms with Gasteiger partial charge in [-0.3, -0.25) is 4.79 Å². The second-order valence-electron chi connectivity index (χ2n) is 4.26. The third kappa shape index (κ3) is 3.20. The molecule has 0 saturated carbocycles. The zero-order valence-corrected chi connectivity index (χ0v) is 10.7. The van der Waals surface area contributed by atoms with Crippen LogP contribution in [0.3, 0.4) is 0 Å². The maximum atomic E-state index is 11.5. The molecule has 2 aromatic carbocycles. The number of rotatable bonds is 4. The molecule has 0 spiro atoms. The lowest BCUT2D eigenvalue weighted by atomic mass is 10.1. The van der Waals surface area contributed by atoms with Crippen molar-refractivity contribution in [1.29, 1.82) is 5.26 Å². The second-order valence-corrected chi connectivity index (χ2v) is 4.26. The number of anilines is 1. The highest BCUT2D eigenvalue weighted by atomic mass is 16.1. The summed E-state index contributed by atoms with van der Waals surface area (Å²) in [7, 11) is 0. The molecule has 0 aliphatic heterocycles. The molecule has 0 amide bonds. The molecular weight excluding hydrogens is 236 g/mol. The topological polar surface area (TPSA) is 52.9 Å². The molecule has 2 aromatic rings. The van der Waals surface area contributed by atoms with Crippen molar-refractivity contribution >= 4 is 11.5 Å². The summed E-state index contributed by atoms with van der Waals surface area (Å²) in [5.74, 6) is 0.0444. The van der Waals surface area contributed by atoms with E-state index < -0.39 is 0 Å². The Morgan fingerprint density at radius 1 is 1.16 bits per heavy atom. The first kappa shape index (κ1) is 12.8. The maximum Gasteiger partial charge on any atom is 0.161 e. The van der Waals surface area contributed by atoms with Crippen LogP contribution in [0.15, 0.2) is 48.5 Å². The molecule has 0 atom stereocenters. The van der Waals surface area contributed by atoms with E-state index in [2.05, 4.69) is 11.4 Å². The van der Waals surface area contributed by atoms with Crippen LogP contribution < -0.4 is 5.32 Å². The van der Waals surface area contributed by atoms with E-state index in [-0.39, 0.29) is 5.78 Å². The number of hydrogen-bond donors (Lipinski definition) is 1. The first-order valence-electron chi connectivity index (χ1n) is 6.03. The van der Waals surface area contributed by atoms with Gasteiger partial charge >= 0.3 is 0 Å². The lowest BCUT2D eigenvalue weighted by molar-refractivity contribution is 0.101. The van der Waals surface area contributed by atoms with Crippen molar-refractivity contribution < 1.29 is 4.79 Å². The van der Waals surface area contributed by atoms with E-state index in [9.17, 15) is 4.79 Å². The van der Waals surface area contributed by atoms with Crippen molar-refractivity contribution in [3.63, 3.8) is 0 Å². The van der Waals surface area contributed by atoms with Gasteiger partial charge in [-0.1, -0.05) is 24.3 Å². The Bertz CT molecular complexity index is 624. The Morgan fingerprint density at radius 2 is 1.84 bits per heavy atom. The monoisotopic (exact) mass is 250 g/mol. The number of Topliss-reactive ketones (excluding diaryl/α,β-unsaturated/α-hetero) is 1. The summed E-state index contributed by atoms with van der Waals surface area (Å²) in [5, 5.41) is 12.0. The average Bonchev–Trinajstić information content (AvgIpc) is 2.46. The van der Waals surface area contributed by atoms with E-state index in [1.54, 1.807) is 19.1 Å². The minimum atomic E-state index is 0.0444. The van der Waals surface area contributed by atoms with Crippen molar-refractivity contribution in [2.75, 3.05) is 5.32 Å². The minimum Gasteiger partial charge on any atom is -0.380 e. The first-order valence-corrected chi connectivity index (χ1v) is 6.03. The van der Waals surface area contributed by atoms with Gasteiger partial charge in [-0.15, -0.1) is 0 Å². The summed E-state index contributed by atoms with van der Waals surface area (Å²) < 4.78 is 0. The molecule has 1 N–H and O–H groups in total. The number of hydrogen-bond acceptors (Lipinski definition) is 3. The predicted octanol–water partition coefficient (Wildman–Crippen LogP) is 3.37. The van der Waals surface area contributed by atoms with Crippen LogP contribution in [0.25, 0.3) is 0 Å². The number of ketones is 1. The smallest absolute Gasteiger partial charge is 0.161 e. The van der Waals surface area contributed by atoms with Crippen LogP contribution in [0, 0.1) is 11.3 Å². The van der Waals surface area contributed by atoms with Gasteiger partial charge in [0, 0.05) is 17.8 Å². The van der Waals surface area contributed by atoms with Gasteiger partial charge in [0.25, 0.3) is 0 Å². The largest absolute Gasteiger partial charge is 0.380 e. The molecule has 0 aliphatic rings. The molecule has 2 rings (SSSR count). The van der Waals surface area contributed by atoms with E-state index in [0.717, 1.165) is 11.3 Å². The molecule has 0 bridgehead atoms. The van der Waals surface area contributed by atoms with Crippen LogP contribution in [0.5, 0.6) is 0 Å². The molecule has 0 radical (unpaired) electrons. The van der Waals surface area contributed by atoms with Crippen molar-refractivity contribution in [2.45, 2.75) is 13.5 Å². The van der Waals surface area contributed by atoms with Crippen LogP contribution >= 0.6 is 0 Å². The van der Waals surface area contributed by atoms with Crippen molar-refractivity contribution in [1.82, 2.24) is 0 Å². The quantitative estimate of drug-likeness (QED) is 0.846. The molecule has 3 heteroatoms. The summed E-state index contributed by atoms with van der Waals surface area (Å²) in [6.45, 7) is 2.18. The van der Waals surface area contributed by atoms with Crippen molar-refractivity contribution in [2.24, 2.45) is 0 Å². The molecule has 0 fully saturated rings. The summed E-state index contributed by atoms with van der Waals surface area (Å²) in [6.07, 6.45) is 0. The first-order chi connectivity index (χ1) is 9.20. The molecule has 0 saturated heterocycles. The number of nitrogens with one attached hydrogen (secondary N) is 1. The molecule has 19 heavy (non-hydrogen) atoms. The van der Waals surface area contributed by atoms with E-state index in [1.165, 1.54) is 0 Å². The lowest BCUT2D eigenvalue weighted by Crippen LogP contribution is -2.04. The van der Waals surface area contributed by atoms with E-state index in [1.807, 2.05) is 36.4 Å². The minimum absolute atomic E-state index is 0.0444.